The highest BCUT2D eigenvalue weighted by Gasteiger charge is 2.18. The molecule has 1 atom stereocenters. The molecule has 1 aromatic rings. The van der Waals surface area contributed by atoms with Crippen molar-refractivity contribution in [3.63, 3.8) is 0 Å². The number of rotatable bonds is 3. The number of hydrogen-bond acceptors (Lipinski definition) is 4. The molecule has 0 amide bonds. The number of nitrogens with two attached hydrogens (primary N) is 1. The first kappa shape index (κ1) is 14.8. The third kappa shape index (κ3) is 4.49. The summed E-state index contributed by atoms with van der Waals surface area (Å²) < 4.78 is 24.7. The van der Waals surface area contributed by atoms with E-state index >= 15 is 0 Å². The van der Waals surface area contributed by atoms with Gasteiger partial charge in [0, 0.05) is 24.7 Å². The molecule has 108 valence electrons. The maximum absolute atomic E-state index is 13.5. The summed E-state index contributed by atoms with van der Waals surface area (Å²) in [7, 11) is 2.04. The Hall–Kier alpha value is -1.61. The van der Waals surface area contributed by atoms with Crippen LogP contribution < -0.4 is 10.5 Å². The summed E-state index contributed by atoms with van der Waals surface area (Å²) in [4.78, 5) is 2.18. The second-order valence-corrected chi connectivity index (χ2v) is 4.75. The Balaban J connectivity index is 1.96. The van der Waals surface area contributed by atoms with Gasteiger partial charge in [-0.25, -0.2) is 4.39 Å². The number of nitrogens with zero attached hydrogens (tertiary/aromatic N) is 1. The summed E-state index contributed by atoms with van der Waals surface area (Å²) in [6, 6.07) is 4.42. The molecule has 2 N–H and O–H groups in total. The van der Waals surface area contributed by atoms with Gasteiger partial charge in [0.15, 0.2) is 0 Å². The topological polar surface area (TPSA) is 47.7 Å². The van der Waals surface area contributed by atoms with Crippen molar-refractivity contribution >= 4 is 0 Å². The van der Waals surface area contributed by atoms with E-state index in [9.17, 15) is 4.39 Å². The molecule has 1 aliphatic heterocycles. The Morgan fingerprint density at radius 1 is 1.50 bits per heavy atom. The number of benzene rings is 1. The van der Waals surface area contributed by atoms with Crippen molar-refractivity contribution in [2.24, 2.45) is 5.73 Å². The van der Waals surface area contributed by atoms with Crippen LogP contribution in [0, 0.1) is 17.7 Å². The first-order valence-corrected chi connectivity index (χ1v) is 6.60. The summed E-state index contributed by atoms with van der Waals surface area (Å²) in [5, 5.41) is 0. The van der Waals surface area contributed by atoms with Gasteiger partial charge in [0.1, 0.15) is 24.3 Å². The first-order valence-electron chi connectivity index (χ1n) is 6.60. The zero-order valence-electron chi connectivity index (χ0n) is 11.6. The quantitative estimate of drug-likeness (QED) is 0.833. The first-order chi connectivity index (χ1) is 9.67. The van der Waals surface area contributed by atoms with Crippen LogP contribution in [0.5, 0.6) is 5.75 Å². The molecule has 1 aliphatic rings. The van der Waals surface area contributed by atoms with E-state index < -0.39 is 0 Å². The monoisotopic (exact) mass is 278 g/mol. The van der Waals surface area contributed by atoms with Crippen LogP contribution in [0.15, 0.2) is 18.2 Å². The lowest BCUT2D eigenvalue weighted by Crippen LogP contribution is -2.42. The molecule has 4 nitrogen and oxygen atoms in total. The van der Waals surface area contributed by atoms with Crippen molar-refractivity contribution in [3.8, 4) is 17.6 Å². The normalized spacial score (nSPS) is 19.2. The molecule has 2 rings (SSSR count). The van der Waals surface area contributed by atoms with Gasteiger partial charge in [-0.3, -0.25) is 0 Å². The molecule has 0 bridgehead atoms. The van der Waals surface area contributed by atoms with Gasteiger partial charge < -0.3 is 20.1 Å². The molecule has 5 heteroatoms. The van der Waals surface area contributed by atoms with Crippen LogP contribution in [-0.2, 0) is 4.74 Å². The number of ether oxygens (including phenoxy) is 2. The number of halogens is 1. The number of hydrogen-bond donors (Lipinski definition) is 1. The second-order valence-electron chi connectivity index (χ2n) is 4.75. The minimum absolute atomic E-state index is 0.00981. The van der Waals surface area contributed by atoms with Crippen LogP contribution in [0.2, 0.25) is 0 Å². The summed E-state index contributed by atoms with van der Waals surface area (Å²) in [6.07, 6.45) is 0.00981. The molecule has 0 spiro atoms. The van der Waals surface area contributed by atoms with Crippen LogP contribution in [-0.4, -0.2) is 50.9 Å². The molecule has 1 fully saturated rings. The molecule has 1 saturated heterocycles. The molecule has 1 unspecified atom stereocenters. The molecule has 1 aromatic carbocycles. The van der Waals surface area contributed by atoms with E-state index in [0.717, 1.165) is 13.1 Å². The van der Waals surface area contributed by atoms with Crippen molar-refractivity contribution in [2.45, 2.75) is 6.10 Å². The van der Waals surface area contributed by atoms with Gasteiger partial charge in [-0.2, -0.15) is 0 Å². The summed E-state index contributed by atoms with van der Waals surface area (Å²) in [5.74, 6) is 5.58. The van der Waals surface area contributed by atoms with Gasteiger partial charge in [0.2, 0.25) is 0 Å². The van der Waals surface area contributed by atoms with Gasteiger partial charge in [-0.05, 0) is 19.2 Å². The van der Waals surface area contributed by atoms with Crippen LogP contribution in [0.25, 0.3) is 0 Å². The predicted molar refractivity (Wildman–Crippen MR) is 75.1 cm³/mol. The van der Waals surface area contributed by atoms with E-state index in [-0.39, 0.29) is 18.5 Å². The molecule has 0 saturated carbocycles. The highest BCUT2D eigenvalue weighted by Crippen LogP contribution is 2.17. The van der Waals surface area contributed by atoms with Crippen molar-refractivity contribution < 1.29 is 13.9 Å². The van der Waals surface area contributed by atoms with E-state index in [0.29, 0.717) is 24.5 Å². The third-order valence-electron chi connectivity index (χ3n) is 2.98. The van der Waals surface area contributed by atoms with Crippen LogP contribution in [0.3, 0.4) is 0 Å². The van der Waals surface area contributed by atoms with Crippen molar-refractivity contribution in [3.05, 3.63) is 29.6 Å². The second kappa shape index (κ2) is 7.25. The smallest absolute Gasteiger partial charge is 0.128 e. The van der Waals surface area contributed by atoms with Gasteiger partial charge in [-0.1, -0.05) is 11.8 Å². The molecule has 1 heterocycles. The maximum atomic E-state index is 13.5. The van der Waals surface area contributed by atoms with Crippen LogP contribution in [0.1, 0.15) is 5.56 Å². The highest BCUT2D eigenvalue weighted by molar-refractivity contribution is 5.40. The lowest BCUT2D eigenvalue weighted by Gasteiger charge is -2.29. The van der Waals surface area contributed by atoms with E-state index in [2.05, 4.69) is 16.7 Å². The fourth-order valence-corrected chi connectivity index (χ4v) is 2.03. The van der Waals surface area contributed by atoms with E-state index in [4.69, 9.17) is 15.2 Å². The predicted octanol–water partition coefficient (Wildman–Crippen LogP) is 0.845. The SMILES string of the molecule is CN1CCOC(COc2cc(F)cc(C#CCN)c2)C1. The third-order valence-corrected chi connectivity index (χ3v) is 2.98. The van der Waals surface area contributed by atoms with E-state index in [1.807, 2.05) is 7.05 Å². The Morgan fingerprint density at radius 2 is 2.35 bits per heavy atom. The highest BCUT2D eigenvalue weighted by atomic mass is 19.1. The minimum atomic E-state index is -0.370. The average Bonchev–Trinajstić information content (AvgIpc) is 2.42. The van der Waals surface area contributed by atoms with Gasteiger partial charge in [0.05, 0.1) is 13.2 Å². The molecule has 0 aliphatic carbocycles. The minimum Gasteiger partial charge on any atom is -0.491 e. The van der Waals surface area contributed by atoms with Crippen LogP contribution in [0.4, 0.5) is 4.39 Å². The maximum Gasteiger partial charge on any atom is 0.128 e. The summed E-state index contributed by atoms with van der Waals surface area (Å²) >= 11 is 0. The Morgan fingerprint density at radius 3 is 3.10 bits per heavy atom. The zero-order valence-corrected chi connectivity index (χ0v) is 11.6. The Labute approximate surface area is 118 Å². The lowest BCUT2D eigenvalue weighted by atomic mass is 10.2. The zero-order chi connectivity index (χ0) is 14.4. The Bertz CT molecular complexity index is 510. The van der Waals surface area contributed by atoms with Crippen molar-refractivity contribution in [1.82, 2.24) is 4.90 Å². The fraction of sp³-hybridized carbons (Fsp3) is 0.467. The lowest BCUT2D eigenvalue weighted by molar-refractivity contribution is -0.0403. The summed E-state index contributed by atoms with van der Waals surface area (Å²) in [5.41, 5.74) is 5.86. The van der Waals surface area contributed by atoms with Gasteiger partial charge in [-0.15, -0.1) is 0 Å². The van der Waals surface area contributed by atoms with E-state index in [1.165, 1.54) is 12.1 Å². The van der Waals surface area contributed by atoms with E-state index in [1.54, 1.807) is 6.07 Å². The largest absolute Gasteiger partial charge is 0.491 e. The summed E-state index contributed by atoms with van der Waals surface area (Å²) in [6.45, 7) is 3.08. The number of likely N-dealkylation sites (N-methyl/N-ethyl adjacent to an activating group) is 1. The fourth-order valence-electron chi connectivity index (χ4n) is 2.03. The molecule has 0 radical (unpaired) electrons. The van der Waals surface area contributed by atoms with Crippen LogP contribution >= 0.6 is 0 Å². The molecule has 0 aromatic heterocycles. The Kier molecular flexibility index (Phi) is 5.36. The standard InChI is InChI=1S/C15H19FN2O2/c1-18-5-6-19-15(10-18)11-20-14-8-12(3-2-4-17)7-13(16)9-14/h7-9,15H,4-6,10-11,17H2,1H3. The van der Waals surface area contributed by atoms with Gasteiger partial charge in [0.25, 0.3) is 0 Å². The van der Waals surface area contributed by atoms with Crippen molar-refractivity contribution in [1.29, 1.82) is 0 Å². The number of morpholine rings is 1. The van der Waals surface area contributed by atoms with Gasteiger partial charge >= 0.3 is 0 Å². The van der Waals surface area contributed by atoms with Crippen molar-refractivity contribution in [2.75, 3.05) is 39.9 Å². The molecular weight excluding hydrogens is 259 g/mol. The molecule has 20 heavy (non-hydrogen) atoms. The average molecular weight is 278 g/mol. The molecular formula is C15H19FN2O2.